The summed E-state index contributed by atoms with van der Waals surface area (Å²) in [6.07, 6.45) is 1.78. The molecule has 1 aromatic carbocycles. The van der Waals surface area contributed by atoms with Gasteiger partial charge in [0, 0.05) is 17.8 Å². The Morgan fingerprint density at radius 2 is 2.08 bits per heavy atom. The smallest absolute Gasteiger partial charge is 0.236 e. The molecule has 0 saturated heterocycles. The van der Waals surface area contributed by atoms with Gasteiger partial charge in [-0.25, -0.2) is 4.68 Å². The number of nitrogens with zero attached hydrogens (tertiary/aromatic N) is 4. The number of anilines is 2. The van der Waals surface area contributed by atoms with Gasteiger partial charge in [0.25, 0.3) is 0 Å². The molecule has 3 aromatic rings. The van der Waals surface area contributed by atoms with E-state index >= 15 is 0 Å². The zero-order chi connectivity index (χ0) is 18.7. The number of nitrogens with one attached hydrogen (secondary N) is 1. The van der Waals surface area contributed by atoms with Crippen LogP contribution in [-0.2, 0) is 19.2 Å². The molecule has 1 aliphatic rings. The van der Waals surface area contributed by atoms with Crippen LogP contribution in [0.4, 0.5) is 11.5 Å². The third kappa shape index (κ3) is 2.82. The molecule has 7 heteroatoms. The average Bonchev–Trinajstić information content (AvgIpc) is 3.07. The van der Waals surface area contributed by atoms with Gasteiger partial charge in [-0.1, -0.05) is 19.9 Å². The summed E-state index contributed by atoms with van der Waals surface area (Å²) in [5.74, 6) is 1.49. The molecular weight excluding hydrogens is 330 g/mol. The lowest BCUT2D eigenvalue weighted by molar-refractivity contribution is 0.0787. The Morgan fingerprint density at radius 1 is 1.31 bits per heavy atom. The lowest BCUT2D eigenvalue weighted by Crippen LogP contribution is -2.33. The summed E-state index contributed by atoms with van der Waals surface area (Å²) in [4.78, 5) is 0. The normalized spacial score (nSPS) is 16.4. The molecule has 3 heterocycles. The van der Waals surface area contributed by atoms with Crippen molar-refractivity contribution in [2.45, 2.75) is 39.8 Å². The predicted molar refractivity (Wildman–Crippen MR) is 101 cm³/mol. The van der Waals surface area contributed by atoms with Gasteiger partial charge in [0.1, 0.15) is 5.69 Å². The first-order valence-electron chi connectivity index (χ1n) is 8.79. The van der Waals surface area contributed by atoms with E-state index in [9.17, 15) is 5.11 Å². The Labute approximate surface area is 152 Å². The first-order valence-corrected chi connectivity index (χ1v) is 8.79. The fraction of sp³-hybridized carbons (Fsp3) is 0.474. The van der Waals surface area contributed by atoms with Crippen molar-refractivity contribution >= 4 is 22.4 Å². The number of aliphatic hydroxyl groups is 1. The summed E-state index contributed by atoms with van der Waals surface area (Å²) in [5, 5.41) is 23.6. The minimum Gasteiger partial charge on any atom is -0.476 e. The lowest BCUT2D eigenvalue weighted by atomic mass is 9.94. The van der Waals surface area contributed by atoms with Gasteiger partial charge >= 0.3 is 0 Å². The van der Waals surface area contributed by atoms with E-state index in [2.05, 4.69) is 29.4 Å². The largest absolute Gasteiger partial charge is 0.476 e. The molecule has 0 atom stereocenters. The standard InChI is InChI=1S/C19H25N5O2/c1-18(2)10-24-17(26-11-18)14(9-20-24)21-16-13-7-6-12(19(3,4)25)8-15(13)23(5)22-16/h6-9,25H,10-11H2,1-5H3,(H,21,22). The van der Waals surface area contributed by atoms with Crippen molar-refractivity contribution in [1.29, 1.82) is 0 Å². The van der Waals surface area contributed by atoms with E-state index < -0.39 is 5.60 Å². The van der Waals surface area contributed by atoms with E-state index in [1.807, 2.05) is 34.6 Å². The molecule has 26 heavy (non-hydrogen) atoms. The molecule has 4 rings (SSSR count). The van der Waals surface area contributed by atoms with Gasteiger partial charge in [-0.05, 0) is 31.5 Å². The van der Waals surface area contributed by atoms with E-state index in [1.54, 1.807) is 20.0 Å². The maximum absolute atomic E-state index is 10.3. The SMILES string of the molecule is Cn1nc(Nc2cnn3c2OCC(C)(C)C3)c2ccc(C(C)(C)O)cc21. The molecule has 0 bridgehead atoms. The van der Waals surface area contributed by atoms with Crippen LogP contribution < -0.4 is 10.1 Å². The molecule has 1 aliphatic heterocycles. The highest BCUT2D eigenvalue weighted by Gasteiger charge is 2.29. The van der Waals surface area contributed by atoms with E-state index in [4.69, 9.17) is 4.74 Å². The molecule has 2 aromatic heterocycles. The minimum atomic E-state index is -0.891. The van der Waals surface area contributed by atoms with Crippen LogP contribution in [0.3, 0.4) is 0 Å². The summed E-state index contributed by atoms with van der Waals surface area (Å²) >= 11 is 0. The summed E-state index contributed by atoms with van der Waals surface area (Å²) in [6.45, 7) is 9.37. The zero-order valence-electron chi connectivity index (χ0n) is 15.9. The van der Waals surface area contributed by atoms with Crippen molar-refractivity contribution in [3.63, 3.8) is 0 Å². The quantitative estimate of drug-likeness (QED) is 0.755. The van der Waals surface area contributed by atoms with Crippen molar-refractivity contribution in [3.8, 4) is 5.88 Å². The van der Waals surface area contributed by atoms with Crippen LogP contribution in [0.15, 0.2) is 24.4 Å². The molecule has 0 unspecified atom stereocenters. The van der Waals surface area contributed by atoms with Crippen LogP contribution in [0, 0.1) is 5.41 Å². The van der Waals surface area contributed by atoms with Gasteiger partial charge in [-0.15, -0.1) is 0 Å². The number of aromatic nitrogens is 4. The molecule has 0 amide bonds. The van der Waals surface area contributed by atoms with Crippen molar-refractivity contribution in [2.24, 2.45) is 12.5 Å². The third-order valence-corrected chi connectivity index (χ3v) is 4.78. The summed E-state index contributed by atoms with van der Waals surface area (Å²) in [5.41, 5.74) is 1.80. The number of rotatable bonds is 3. The Kier molecular flexibility index (Phi) is 3.56. The molecule has 2 N–H and O–H groups in total. The Balaban J connectivity index is 1.70. The molecule has 0 radical (unpaired) electrons. The monoisotopic (exact) mass is 355 g/mol. The van der Waals surface area contributed by atoms with Crippen molar-refractivity contribution < 1.29 is 9.84 Å². The summed E-state index contributed by atoms with van der Waals surface area (Å²) in [6, 6.07) is 5.89. The highest BCUT2D eigenvalue weighted by atomic mass is 16.5. The Hall–Kier alpha value is -2.54. The van der Waals surface area contributed by atoms with Gasteiger partial charge in [-0.2, -0.15) is 10.2 Å². The zero-order valence-corrected chi connectivity index (χ0v) is 15.9. The fourth-order valence-electron chi connectivity index (χ4n) is 3.30. The molecule has 0 fully saturated rings. The van der Waals surface area contributed by atoms with Crippen LogP contribution in [0.25, 0.3) is 10.9 Å². The maximum atomic E-state index is 10.3. The fourth-order valence-corrected chi connectivity index (χ4v) is 3.30. The third-order valence-electron chi connectivity index (χ3n) is 4.78. The number of hydrogen-bond acceptors (Lipinski definition) is 5. The topological polar surface area (TPSA) is 77.1 Å². The van der Waals surface area contributed by atoms with Crippen LogP contribution in [-0.4, -0.2) is 31.3 Å². The van der Waals surface area contributed by atoms with Crippen LogP contribution in [0.1, 0.15) is 33.3 Å². The average molecular weight is 355 g/mol. The second-order valence-corrected chi connectivity index (χ2v) is 8.36. The first-order chi connectivity index (χ1) is 12.1. The van der Waals surface area contributed by atoms with Crippen LogP contribution in [0.5, 0.6) is 5.88 Å². The maximum Gasteiger partial charge on any atom is 0.236 e. The van der Waals surface area contributed by atoms with Crippen LogP contribution >= 0.6 is 0 Å². The van der Waals surface area contributed by atoms with Crippen molar-refractivity contribution in [2.75, 3.05) is 11.9 Å². The van der Waals surface area contributed by atoms with Gasteiger partial charge in [0.2, 0.25) is 5.88 Å². The second-order valence-electron chi connectivity index (χ2n) is 8.36. The first kappa shape index (κ1) is 16.9. The van der Waals surface area contributed by atoms with Gasteiger partial charge in [-0.3, -0.25) is 4.68 Å². The molecule has 0 spiro atoms. The lowest BCUT2D eigenvalue weighted by Gasteiger charge is -2.30. The highest BCUT2D eigenvalue weighted by Crippen LogP contribution is 2.36. The number of fused-ring (bicyclic) bond motifs is 2. The van der Waals surface area contributed by atoms with Crippen LogP contribution in [0.2, 0.25) is 0 Å². The minimum absolute atomic E-state index is 0.0709. The highest BCUT2D eigenvalue weighted by molar-refractivity contribution is 5.92. The number of ether oxygens (including phenoxy) is 1. The van der Waals surface area contributed by atoms with Crippen molar-refractivity contribution in [1.82, 2.24) is 19.6 Å². The van der Waals surface area contributed by atoms with Gasteiger partial charge < -0.3 is 15.2 Å². The number of benzene rings is 1. The Bertz CT molecular complexity index is 978. The van der Waals surface area contributed by atoms with E-state index in [0.29, 0.717) is 6.61 Å². The Morgan fingerprint density at radius 3 is 2.81 bits per heavy atom. The van der Waals surface area contributed by atoms with Gasteiger partial charge in [0.05, 0.1) is 30.5 Å². The van der Waals surface area contributed by atoms with E-state index in [-0.39, 0.29) is 5.41 Å². The summed E-state index contributed by atoms with van der Waals surface area (Å²) < 4.78 is 9.64. The second kappa shape index (κ2) is 5.48. The van der Waals surface area contributed by atoms with E-state index in [0.717, 1.165) is 40.4 Å². The van der Waals surface area contributed by atoms with E-state index in [1.165, 1.54) is 0 Å². The number of hydrogen-bond donors (Lipinski definition) is 2. The van der Waals surface area contributed by atoms with Gasteiger partial charge in [0.15, 0.2) is 5.82 Å². The summed E-state index contributed by atoms with van der Waals surface area (Å²) in [7, 11) is 1.90. The predicted octanol–water partition coefficient (Wildman–Crippen LogP) is 3.16. The molecule has 138 valence electrons. The molecule has 7 nitrogen and oxygen atoms in total. The molecule has 0 aliphatic carbocycles. The number of aryl methyl sites for hydroxylation is 1. The molecular formula is C19H25N5O2. The van der Waals surface area contributed by atoms with Crippen molar-refractivity contribution in [3.05, 3.63) is 30.0 Å². The molecule has 0 saturated carbocycles.